The number of aryl methyl sites for hydroxylation is 1. The second-order valence-electron chi connectivity index (χ2n) is 9.00. The number of pyridine rings is 1. The Morgan fingerprint density at radius 3 is 2.28 bits per heavy atom. The summed E-state index contributed by atoms with van der Waals surface area (Å²) in [5, 5.41) is 12.9. The predicted molar refractivity (Wildman–Crippen MR) is 123 cm³/mol. The molecule has 2 heterocycles. The van der Waals surface area contributed by atoms with Crippen LogP contribution in [0.2, 0.25) is 0 Å². The van der Waals surface area contributed by atoms with Crippen molar-refractivity contribution in [1.82, 2.24) is 4.90 Å². The molecule has 3 aromatic rings. The molecule has 0 unspecified atom stereocenters. The van der Waals surface area contributed by atoms with E-state index in [-0.39, 0.29) is 33.8 Å². The number of cyclic esters (lactones) is 1. The number of carbonyl (C=O) groups excluding carboxylic acids is 1. The van der Waals surface area contributed by atoms with E-state index in [0.717, 1.165) is 29.2 Å². The zero-order chi connectivity index (χ0) is 28.9. The van der Waals surface area contributed by atoms with Crippen molar-refractivity contribution < 1.29 is 49.7 Å². The number of nitrogens with zero attached hydrogens (tertiary/aromatic N) is 2. The molecule has 0 aliphatic carbocycles. The van der Waals surface area contributed by atoms with Gasteiger partial charge in [0.15, 0.2) is 11.4 Å². The van der Waals surface area contributed by atoms with E-state index in [1.54, 1.807) is 0 Å². The molecular formula is C26H21F7N2O4. The first kappa shape index (κ1) is 28.0. The number of ether oxygens (including phenoxy) is 2. The van der Waals surface area contributed by atoms with Crippen LogP contribution in [0.3, 0.4) is 0 Å². The molecule has 13 heteroatoms. The highest BCUT2D eigenvalue weighted by Crippen LogP contribution is 2.40. The molecule has 0 spiro atoms. The maximum Gasteiger partial charge on any atom is 0.416 e. The van der Waals surface area contributed by atoms with E-state index in [4.69, 9.17) is 9.47 Å². The summed E-state index contributed by atoms with van der Waals surface area (Å²) >= 11 is 0. The van der Waals surface area contributed by atoms with Gasteiger partial charge in [-0.3, -0.25) is 4.90 Å². The van der Waals surface area contributed by atoms with E-state index < -0.39 is 54.1 Å². The molecule has 2 atom stereocenters. The van der Waals surface area contributed by atoms with Gasteiger partial charge in [-0.1, -0.05) is 0 Å². The van der Waals surface area contributed by atoms with Crippen LogP contribution in [0.15, 0.2) is 48.5 Å². The molecule has 39 heavy (non-hydrogen) atoms. The van der Waals surface area contributed by atoms with Crippen molar-refractivity contribution in [2.45, 2.75) is 44.9 Å². The van der Waals surface area contributed by atoms with Gasteiger partial charge in [0.1, 0.15) is 11.9 Å². The first-order valence-corrected chi connectivity index (χ1v) is 11.4. The fourth-order valence-corrected chi connectivity index (χ4v) is 4.44. The van der Waals surface area contributed by atoms with Gasteiger partial charge in [-0.25, -0.2) is 9.18 Å². The van der Waals surface area contributed by atoms with Crippen LogP contribution in [0, 0.1) is 17.9 Å². The number of methoxy groups -OCH3 is 1. The summed E-state index contributed by atoms with van der Waals surface area (Å²) in [7, 11) is 1.27. The lowest BCUT2D eigenvalue weighted by molar-refractivity contribution is -0.601. The summed E-state index contributed by atoms with van der Waals surface area (Å²) in [5.74, 6) is -1.14. The third-order valence-electron chi connectivity index (χ3n) is 6.45. The van der Waals surface area contributed by atoms with Crippen molar-refractivity contribution >= 4 is 6.09 Å². The SMILES string of the molecule is COc1ccc(C)[n+]([O-])c1-c1ccc(C(F)(F)F)cc1CN1C(=O)O[C@H](c2cc(F)cc(C(F)(F)F)c2)[C@@H]1C. The molecule has 1 saturated heterocycles. The topological polar surface area (TPSA) is 65.7 Å². The fraction of sp³-hybridized carbons (Fsp3) is 0.308. The lowest BCUT2D eigenvalue weighted by Gasteiger charge is -2.23. The van der Waals surface area contributed by atoms with E-state index in [1.807, 2.05) is 0 Å². The summed E-state index contributed by atoms with van der Waals surface area (Å²) in [6.07, 6.45) is -12.0. The third-order valence-corrected chi connectivity index (χ3v) is 6.45. The summed E-state index contributed by atoms with van der Waals surface area (Å²) < 4.78 is 105. The molecule has 0 radical (unpaired) electrons. The lowest BCUT2D eigenvalue weighted by Crippen LogP contribution is -2.35. The average Bonchev–Trinajstić information content (AvgIpc) is 3.12. The molecule has 1 amide bonds. The zero-order valence-corrected chi connectivity index (χ0v) is 20.7. The largest absolute Gasteiger partial charge is 0.618 e. The number of amides is 1. The van der Waals surface area contributed by atoms with Crippen LogP contribution in [0.5, 0.6) is 5.75 Å². The lowest BCUT2D eigenvalue weighted by atomic mass is 9.97. The van der Waals surface area contributed by atoms with Crippen molar-refractivity contribution in [2.24, 2.45) is 0 Å². The van der Waals surface area contributed by atoms with E-state index in [9.17, 15) is 40.7 Å². The molecule has 208 valence electrons. The monoisotopic (exact) mass is 558 g/mol. The standard InChI is InChI=1S/C26H21F7N2O4/c1-13-4-7-21(38-3)22(35(13)37)20-6-5-17(25(28,29)30)9-16(20)12-34-14(2)23(39-24(34)36)15-8-18(26(31,32)33)11-19(27)10-15/h4-11,14,23H,12H2,1-3H3/t14-,23-/m0/s1. The van der Waals surface area contributed by atoms with Gasteiger partial charge in [0.25, 0.3) is 5.69 Å². The highest BCUT2D eigenvalue weighted by Gasteiger charge is 2.42. The first-order valence-electron chi connectivity index (χ1n) is 11.4. The number of aromatic nitrogens is 1. The number of halogens is 7. The molecule has 6 nitrogen and oxygen atoms in total. The van der Waals surface area contributed by atoms with Crippen molar-refractivity contribution in [3.8, 4) is 17.0 Å². The maximum atomic E-state index is 14.0. The Morgan fingerprint density at radius 2 is 1.67 bits per heavy atom. The third kappa shape index (κ3) is 5.43. The van der Waals surface area contributed by atoms with Crippen molar-refractivity contribution in [3.63, 3.8) is 0 Å². The smallest absolute Gasteiger partial charge is 0.416 e. The predicted octanol–water partition coefficient (Wildman–Crippen LogP) is 6.56. The van der Waals surface area contributed by atoms with Crippen LogP contribution in [0.1, 0.15) is 41.0 Å². The van der Waals surface area contributed by atoms with E-state index in [1.165, 1.54) is 33.1 Å². The number of hydrogen-bond acceptors (Lipinski definition) is 4. The van der Waals surface area contributed by atoms with Crippen molar-refractivity contribution in [1.29, 1.82) is 0 Å². The van der Waals surface area contributed by atoms with Crippen LogP contribution in [-0.2, 0) is 23.6 Å². The molecule has 1 aromatic heterocycles. The van der Waals surface area contributed by atoms with Crippen LogP contribution in [0.25, 0.3) is 11.3 Å². The Labute approximate surface area is 217 Å². The quantitative estimate of drug-likeness (QED) is 0.202. The second kappa shape index (κ2) is 9.93. The van der Waals surface area contributed by atoms with Crippen LogP contribution in [-0.4, -0.2) is 24.1 Å². The van der Waals surface area contributed by atoms with Crippen molar-refractivity contribution in [3.05, 3.63) is 87.5 Å². The van der Waals surface area contributed by atoms with E-state index in [2.05, 4.69) is 0 Å². The summed E-state index contributed by atoms with van der Waals surface area (Å²) in [4.78, 5) is 13.8. The molecular weight excluding hydrogens is 537 g/mol. The summed E-state index contributed by atoms with van der Waals surface area (Å²) in [6, 6.07) is 6.27. The molecule has 0 saturated carbocycles. The normalized spacial score (nSPS) is 17.9. The highest BCUT2D eigenvalue weighted by molar-refractivity contribution is 5.73. The Morgan fingerprint density at radius 1 is 1.00 bits per heavy atom. The van der Waals surface area contributed by atoms with Crippen LogP contribution >= 0.6 is 0 Å². The second-order valence-corrected chi connectivity index (χ2v) is 9.00. The van der Waals surface area contributed by atoms with Gasteiger partial charge < -0.3 is 14.7 Å². The van der Waals surface area contributed by atoms with Gasteiger partial charge in [0.05, 0.1) is 36.4 Å². The first-order chi connectivity index (χ1) is 18.1. The fourth-order valence-electron chi connectivity index (χ4n) is 4.44. The number of benzene rings is 2. The van der Waals surface area contributed by atoms with E-state index in [0.29, 0.717) is 16.9 Å². The Balaban J connectivity index is 1.78. The Bertz CT molecular complexity index is 1420. The summed E-state index contributed by atoms with van der Waals surface area (Å²) in [6.45, 7) is 2.38. The average molecular weight is 558 g/mol. The summed E-state index contributed by atoms with van der Waals surface area (Å²) in [5.41, 5.74) is -2.55. The Hall–Kier alpha value is -4.03. The van der Waals surface area contributed by atoms with Gasteiger partial charge in [-0.05, 0) is 60.5 Å². The van der Waals surface area contributed by atoms with Gasteiger partial charge in [-0.15, -0.1) is 0 Å². The molecule has 1 aliphatic heterocycles. The number of hydrogen-bond donors (Lipinski definition) is 0. The molecule has 1 aliphatic rings. The molecule has 1 fully saturated rings. The minimum atomic E-state index is -4.87. The molecule has 0 N–H and O–H groups in total. The van der Waals surface area contributed by atoms with Crippen molar-refractivity contribution in [2.75, 3.05) is 7.11 Å². The maximum absolute atomic E-state index is 14.0. The van der Waals surface area contributed by atoms with E-state index >= 15 is 0 Å². The number of carbonyl (C=O) groups is 1. The number of alkyl halides is 6. The van der Waals surface area contributed by atoms with Crippen LogP contribution in [0.4, 0.5) is 35.5 Å². The van der Waals surface area contributed by atoms with Gasteiger partial charge in [0, 0.05) is 13.0 Å². The zero-order valence-electron chi connectivity index (χ0n) is 20.7. The minimum Gasteiger partial charge on any atom is -0.618 e. The highest BCUT2D eigenvalue weighted by atomic mass is 19.4. The van der Waals surface area contributed by atoms with Gasteiger partial charge in [0.2, 0.25) is 0 Å². The minimum absolute atomic E-state index is 0.0344. The molecule has 0 bridgehead atoms. The van der Waals surface area contributed by atoms with Gasteiger partial charge in [-0.2, -0.15) is 31.1 Å². The molecule has 4 rings (SSSR count). The van der Waals surface area contributed by atoms with Crippen LogP contribution < -0.4 is 9.47 Å². The number of rotatable bonds is 5. The Kier molecular flexibility index (Phi) is 7.13. The molecule has 2 aromatic carbocycles. The van der Waals surface area contributed by atoms with Gasteiger partial charge >= 0.3 is 18.4 Å².